The summed E-state index contributed by atoms with van der Waals surface area (Å²) in [6, 6.07) is 13.3. The lowest BCUT2D eigenvalue weighted by Gasteiger charge is -2.27. The van der Waals surface area contributed by atoms with Crippen molar-refractivity contribution in [2.24, 2.45) is 0 Å². The zero-order valence-corrected chi connectivity index (χ0v) is 28.9. The van der Waals surface area contributed by atoms with Gasteiger partial charge in [-0.15, -0.1) is 0 Å². The Hall–Kier alpha value is -4.34. The largest absolute Gasteiger partial charge is 0.444 e. The lowest BCUT2D eigenvalue weighted by Crippen LogP contribution is -2.46. The lowest BCUT2D eigenvalue weighted by molar-refractivity contribution is 0.0484. The molecule has 2 N–H and O–H groups in total. The minimum absolute atomic E-state index is 0.0736. The molecule has 2 aliphatic heterocycles. The molecule has 9 nitrogen and oxygen atoms in total. The second-order valence-electron chi connectivity index (χ2n) is 14.2. The van der Waals surface area contributed by atoms with Gasteiger partial charge in [0.25, 0.3) is 5.91 Å². The van der Waals surface area contributed by atoms with E-state index in [1.54, 1.807) is 69.9 Å². The quantitative estimate of drug-likeness (QED) is 0.215. The standard InChI is InChI=1S/C36H36BrF2N5O4/c1-35(2,3)48-34(46)41-29-14-22-9-11-30(29)44(22)33(45)20-8-10-23(24(12-20)19-6-7-21(17-40)27(38)13-19)25-15-26-31(16-28(25)39)43(42-32(26)37)18-36(4,5)47/h6-8,10,12-13,15-16,22,29-30,47H,9,11,14,18H2,1-5H3,(H,41,46)/t22-,29+,30+/m1/s1. The normalized spacial score (nSPS) is 19.1. The van der Waals surface area contributed by atoms with Gasteiger partial charge in [-0.05, 0) is 117 Å². The third-order valence-electron chi connectivity index (χ3n) is 8.76. The minimum Gasteiger partial charge on any atom is -0.444 e. The fourth-order valence-corrected chi connectivity index (χ4v) is 7.35. The SMILES string of the molecule is CC(C)(O)Cn1nc(Br)c2cc(-c3ccc(C(=O)N4[C@@H]5CC[C@H]4[C@@H](NC(=O)OC(C)(C)C)C5)cc3-c3ccc(C#N)c(F)c3)c(F)cc21. The number of benzene rings is 3. The first-order chi connectivity index (χ1) is 22.5. The maximum atomic E-state index is 16.0. The summed E-state index contributed by atoms with van der Waals surface area (Å²) in [5, 5.41) is 27.7. The Kier molecular flexibility index (Phi) is 8.58. The van der Waals surface area contributed by atoms with E-state index in [2.05, 4.69) is 26.3 Å². The molecular weight excluding hydrogens is 684 g/mol. The Labute approximate surface area is 285 Å². The number of aromatic nitrogens is 2. The van der Waals surface area contributed by atoms with Crippen LogP contribution in [-0.2, 0) is 11.3 Å². The van der Waals surface area contributed by atoms with E-state index < -0.39 is 28.9 Å². The zero-order chi connectivity index (χ0) is 34.7. The molecule has 48 heavy (non-hydrogen) atoms. The van der Waals surface area contributed by atoms with Crippen molar-refractivity contribution >= 4 is 38.8 Å². The molecule has 3 heterocycles. The van der Waals surface area contributed by atoms with Gasteiger partial charge in [0.1, 0.15) is 27.9 Å². The number of rotatable bonds is 6. The van der Waals surface area contributed by atoms with E-state index in [1.165, 1.54) is 22.9 Å². The molecule has 12 heteroatoms. The van der Waals surface area contributed by atoms with Gasteiger partial charge in [0.15, 0.2) is 0 Å². The molecule has 0 radical (unpaired) electrons. The number of fused-ring (bicyclic) bond motifs is 3. The van der Waals surface area contributed by atoms with Crippen molar-refractivity contribution in [3.05, 3.63) is 75.9 Å². The van der Waals surface area contributed by atoms with Crippen LogP contribution >= 0.6 is 15.9 Å². The van der Waals surface area contributed by atoms with Crippen molar-refractivity contribution in [3.63, 3.8) is 0 Å². The first kappa shape index (κ1) is 33.6. The summed E-state index contributed by atoms with van der Waals surface area (Å²) in [5.74, 6) is -1.56. The predicted molar refractivity (Wildman–Crippen MR) is 180 cm³/mol. The van der Waals surface area contributed by atoms with Crippen LogP contribution in [0.4, 0.5) is 13.6 Å². The van der Waals surface area contributed by atoms with E-state index in [0.717, 1.165) is 12.8 Å². The predicted octanol–water partition coefficient (Wildman–Crippen LogP) is 7.32. The molecule has 6 rings (SSSR count). The van der Waals surface area contributed by atoms with Crippen LogP contribution in [-0.4, -0.2) is 61.1 Å². The molecule has 2 bridgehead atoms. The van der Waals surface area contributed by atoms with Gasteiger partial charge in [0, 0.05) is 28.6 Å². The Morgan fingerprint density at radius 1 is 1.04 bits per heavy atom. The molecule has 3 aromatic carbocycles. The Morgan fingerprint density at radius 2 is 1.79 bits per heavy atom. The van der Waals surface area contributed by atoms with Gasteiger partial charge in [-0.25, -0.2) is 13.6 Å². The van der Waals surface area contributed by atoms with Gasteiger partial charge in [-0.3, -0.25) is 9.48 Å². The number of hydrogen-bond donors (Lipinski definition) is 2. The molecule has 1 aromatic heterocycles. The highest BCUT2D eigenvalue weighted by molar-refractivity contribution is 9.10. The van der Waals surface area contributed by atoms with E-state index in [1.807, 2.05) is 6.07 Å². The molecule has 4 aromatic rings. The van der Waals surface area contributed by atoms with Crippen molar-refractivity contribution in [3.8, 4) is 28.3 Å². The van der Waals surface area contributed by atoms with Crippen molar-refractivity contribution in [1.82, 2.24) is 20.0 Å². The van der Waals surface area contributed by atoms with Crippen LogP contribution in [0.5, 0.6) is 0 Å². The van der Waals surface area contributed by atoms with Gasteiger partial charge in [0.05, 0.1) is 35.3 Å². The fraction of sp³-hybridized carbons (Fsp3) is 0.389. The highest BCUT2D eigenvalue weighted by Crippen LogP contribution is 2.42. The summed E-state index contributed by atoms with van der Waals surface area (Å²) in [5.41, 5.74) is 0.287. The second-order valence-corrected chi connectivity index (χ2v) is 14.9. The van der Waals surface area contributed by atoms with Crippen molar-refractivity contribution < 1.29 is 28.2 Å². The van der Waals surface area contributed by atoms with E-state index in [-0.39, 0.29) is 41.7 Å². The zero-order valence-electron chi connectivity index (χ0n) is 27.3. The van der Waals surface area contributed by atoms with Crippen LogP contribution in [0.2, 0.25) is 0 Å². The topological polar surface area (TPSA) is 120 Å². The number of hydrogen-bond acceptors (Lipinski definition) is 6. The number of halogens is 3. The highest BCUT2D eigenvalue weighted by Gasteiger charge is 2.49. The smallest absolute Gasteiger partial charge is 0.407 e. The molecular formula is C36H36BrF2N5O4. The maximum Gasteiger partial charge on any atom is 0.407 e. The number of amides is 2. The van der Waals surface area contributed by atoms with Gasteiger partial charge in [-0.2, -0.15) is 10.4 Å². The number of nitriles is 1. The molecule has 2 fully saturated rings. The van der Waals surface area contributed by atoms with Crippen molar-refractivity contribution in [1.29, 1.82) is 5.26 Å². The van der Waals surface area contributed by atoms with Crippen LogP contribution in [0, 0.1) is 23.0 Å². The third-order valence-corrected chi connectivity index (χ3v) is 9.35. The van der Waals surface area contributed by atoms with E-state index in [9.17, 15) is 24.3 Å². The molecule has 250 valence electrons. The average molecular weight is 721 g/mol. The number of nitrogens with one attached hydrogen (secondary N) is 1. The number of alkyl carbamates (subject to hydrolysis) is 1. The van der Waals surface area contributed by atoms with Crippen LogP contribution in [0.25, 0.3) is 33.2 Å². The first-order valence-electron chi connectivity index (χ1n) is 15.8. The molecule has 0 spiro atoms. The second kappa shape index (κ2) is 12.3. The van der Waals surface area contributed by atoms with Gasteiger partial charge < -0.3 is 20.1 Å². The van der Waals surface area contributed by atoms with Crippen LogP contribution < -0.4 is 5.32 Å². The summed E-state index contributed by atoms with van der Waals surface area (Å²) in [7, 11) is 0. The number of nitrogens with zero attached hydrogens (tertiary/aromatic N) is 4. The molecule has 2 amide bonds. The monoisotopic (exact) mass is 719 g/mol. The van der Waals surface area contributed by atoms with Crippen LogP contribution in [0.15, 0.2) is 53.1 Å². The van der Waals surface area contributed by atoms with Gasteiger partial charge in [0.2, 0.25) is 0 Å². The number of ether oxygens (including phenoxy) is 1. The van der Waals surface area contributed by atoms with E-state index >= 15 is 4.39 Å². The Balaban J connectivity index is 1.40. The maximum absolute atomic E-state index is 16.0. The van der Waals surface area contributed by atoms with Crippen molar-refractivity contribution in [2.45, 2.75) is 89.8 Å². The minimum atomic E-state index is -1.09. The van der Waals surface area contributed by atoms with Crippen LogP contribution in [0.3, 0.4) is 0 Å². The number of aliphatic hydroxyl groups is 1. The summed E-state index contributed by atoms with van der Waals surface area (Å²) in [6.45, 7) is 8.77. The highest BCUT2D eigenvalue weighted by atomic mass is 79.9. The third kappa shape index (κ3) is 6.54. The molecule has 3 atom stereocenters. The molecule has 2 saturated heterocycles. The van der Waals surface area contributed by atoms with Gasteiger partial charge >= 0.3 is 6.09 Å². The average Bonchev–Trinajstić information content (AvgIpc) is 3.64. The summed E-state index contributed by atoms with van der Waals surface area (Å²) in [6.07, 6.45) is 1.60. The van der Waals surface area contributed by atoms with Crippen LogP contribution in [0.1, 0.15) is 69.8 Å². The van der Waals surface area contributed by atoms with Crippen molar-refractivity contribution in [2.75, 3.05) is 0 Å². The first-order valence-corrected chi connectivity index (χ1v) is 16.6. The molecule has 0 unspecified atom stereocenters. The Bertz CT molecular complexity index is 1990. The van der Waals surface area contributed by atoms with E-state index in [0.29, 0.717) is 44.2 Å². The lowest BCUT2D eigenvalue weighted by atomic mass is 9.91. The Morgan fingerprint density at radius 3 is 2.46 bits per heavy atom. The van der Waals surface area contributed by atoms with E-state index in [4.69, 9.17) is 4.74 Å². The number of carbonyl (C=O) groups excluding carboxylic acids is 2. The molecule has 0 aliphatic carbocycles. The van der Waals surface area contributed by atoms with Gasteiger partial charge in [-0.1, -0.05) is 12.1 Å². The summed E-state index contributed by atoms with van der Waals surface area (Å²) < 4.78 is 38.4. The summed E-state index contributed by atoms with van der Waals surface area (Å²) in [4.78, 5) is 28.5. The number of carbonyl (C=O) groups is 2. The fourth-order valence-electron chi connectivity index (χ4n) is 6.84. The molecule has 2 aliphatic rings. The molecule has 0 saturated carbocycles. The summed E-state index contributed by atoms with van der Waals surface area (Å²) >= 11 is 3.46.